The minimum Gasteiger partial charge on any atom is -0.494 e. The molecule has 0 saturated heterocycles. The summed E-state index contributed by atoms with van der Waals surface area (Å²) in [5.74, 6) is 1.10. The quantitative estimate of drug-likeness (QED) is 0.672. The number of methoxy groups -OCH3 is 1. The van der Waals surface area contributed by atoms with Gasteiger partial charge >= 0.3 is 0 Å². The van der Waals surface area contributed by atoms with Crippen molar-refractivity contribution in [2.45, 2.75) is 39.2 Å². The van der Waals surface area contributed by atoms with Crippen LogP contribution in [0, 0.1) is 6.92 Å². The van der Waals surface area contributed by atoms with E-state index in [1.54, 1.807) is 0 Å². The van der Waals surface area contributed by atoms with Crippen molar-refractivity contribution in [2.24, 2.45) is 0 Å². The Morgan fingerprint density at radius 1 is 1.09 bits per heavy atom. The number of aryl methyl sites for hydroxylation is 2. The van der Waals surface area contributed by atoms with Gasteiger partial charge in [-0.15, -0.1) is 0 Å². The summed E-state index contributed by atoms with van der Waals surface area (Å²) in [7, 11) is 1.82. The minimum atomic E-state index is 0.889. The highest BCUT2D eigenvalue weighted by Gasteiger charge is 2.21. The summed E-state index contributed by atoms with van der Waals surface area (Å²) in [5, 5.41) is 1.35. The molecule has 0 atom stereocenters. The highest BCUT2D eigenvalue weighted by molar-refractivity contribution is 5.91. The molecule has 0 unspecified atom stereocenters. The molecule has 118 valence electrons. The predicted octanol–water partition coefficient (Wildman–Crippen LogP) is 4.89. The zero-order valence-electron chi connectivity index (χ0n) is 13.9. The molecule has 2 nitrogen and oxygen atoms in total. The van der Waals surface area contributed by atoms with Crippen molar-refractivity contribution < 1.29 is 4.74 Å². The second kappa shape index (κ2) is 5.77. The number of hydrogen-bond acceptors (Lipinski definition) is 1. The Kier molecular flexibility index (Phi) is 3.60. The van der Waals surface area contributed by atoms with E-state index in [2.05, 4.69) is 54.1 Å². The summed E-state index contributed by atoms with van der Waals surface area (Å²) in [6.07, 6.45) is 7.17. The summed E-state index contributed by atoms with van der Waals surface area (Å²) in [6, 6.07) is 13.1. The molecule has 2 heteroatoms. The number of rotatable bonds is 3. The van der Waals surface area contributed by atoms with Crippen LogP contribution >= 0.6 is 0 Å². The van der Waals surface area contributed by atoms with Crippen molar-refractivity contribution in [3.05, 3.63) is 64.8 Å². The highest BCUT2D eigenvalue weighted by atomic mass is 16.5. The van der Waals surface area contributed by atoms with Gasteiger partial charge in [0.25, 0.3) is 0 Å². The Hall–Kier alpha value is -2.22. The first kappa shape index (κ1) is 14.4. The summed E-state index contributed by atoms with van der Waals surface area (Å²) < 4.78 is 8.25. The van der Waals surface area contributed by atoms with E-state index in [1.165, 1.54) is 52.4 Å². The molecule has 0 spiro atoms. The standard InChI is InChI=1S/C21H23NO/c1-15-13-22(14-16-8-4-3-5-9-16)20-19(15)12-17-10-6-7-11-18(17)21(20)23-2/h3-5,8-9,12-13H,6-7,10-11,14H2,1-2H3. The fourth-order valence-electron chi connectivity index (χ4n) is 3.93. The number of ether oxygens (including phenoxy) is 1. The SMILES string of the molecule is COc1c2c(cc3c(C)cn(Cc4ccccc4)c13)CCCC2. The third-order valence-corrected chi connectivity index (χ3v) is 5.03. The number of benzene rings is 2. The molecule has 0 fully saturated rings. The summed E-state index contributed by atoms with van der Waals surface area (Å²) in [4.78, 5) is 0. The fourth-order valence-corrected chi connectivity index (χ4v) is 3.93. The van der Waals surface area contributed by atoms with Gasteiger partial charge in [-0.25, -0.2) is 0 Å². The van der Waals surface area contributed by atoms with Crippen LogP contribution in [-0.4, -0.2) is 11.7 Å². The average Bonchev–Trinajstić information content (AvgIpc) is 2.89. The van der Waals surface area contributed by atoms with Crippen molar-refractivity contribution in [2.75, 3.05) is 7.11 Å². The molecule has 4 rings (SSSR count). The van der Waals surface area contributed by atoms with E-state index in [1.807, 2.05) is 7.11 Å². The van der Waals surface area contributed by atoms with E-state index in [0.29, 0.717) is 0 Å². The van der Waals surface area contributed by atoms with E-state index in [4.69, 9.17) is 4.74 Å². The molecule has 0 amide bonds. The summed E-state index contributed by atoms with van der Waals surface area (Å²) >= 11 is 0. The molecule has 2 aromatic carbocycles. The van der Waals surface area contributed by atoms with Crippen molar-refractivity contribution in [1.29, 1.82) is 0 Å². The van der Waals surface area contributed by atoms with Gasteiger partial charge in [-0.2, -0.15) is 0 Å². The third-order valence-electron chi connectivity index (χ3n) is 5.03. The largest absolute Gasteiger partial charge is 0.494 e. The smallest absolute Gasteiger partial charge is 0.146 e. The lowest BCUT2D eigenvalue weighted by atomic mass is 9.89. The zero-order chi connectivity index (χ0) is 15.8. The molecule has 1 aromatic heterocycles. The molecule has 0 radical (unpaired) electrons. The first-order chi connectivity index (χ1) is 11.3. The molecule has 1 aliphatic carbocycles. The third kappa shape index (κ3) is 2.42. The molecular formula is C21H23NO. The Bertz CT molecular complexity index is 845. The molecule has 0 saturated carbocycles. The lowest BCUT2D eigenvalue weighted by molar-refractivity contribution is 0.409. The van der Waals surface area contributed by atoms with Gasteiger partial charge in [0.1, 0.15) is 5.75 Å². The van der Waals surface area contributed by atoms with Crippen LogP contribution in [0.1, 0.15) is 35.1 Å². The van der Waals surface area contributed by atoms with Gasteiger partial charge in [0.15, 0.2) is 0 Å². The first-order valence-corrected chi connectivity index (χ1v) is 8.50. The van der Waals surface area contributed by atoms with E-state index in [-0.39, 0.29) is 0 Å². The molecule has 23 heavy (non-hydrogen) atoms. The van der Waals surface area contributed by atoms with Crippen molar-refractivity contribution >= 4 is 10.9 Å². The molecule has 1 heterocycles. The summed E-state index contributed by atoms with van der Waals surface area (Å²) in [5.41, 5.74) is 6.83. The first-order valence-electron chi connectivity index (χ1n) is 8.50. The van der Waals surface area contributed by atoms with Gasteiger partial charge in [0.2, 0.25) is 0 Å². The molecule has 0 aliphatic heterocycles. The van der Waals surface area contributed by atoms with Gasteiger partial charge < -0.3 is 9.30 Å². The van der Waals surface area contributed by atoms with Gasteiger partial charge in [-0.3, -0.25) is 0 Å². The summed E-state index contributed by atoms with van der Waals surface area (Å²) in [6.45, 7) is 3.10. The topological polar surface area (TPSA) is 14.2 Å². The van der Waals surface area contributed by atoms with Crippen molar-refractivity contribution in [3.8, 4) is 5.75 Å². The van der Waals surface area contributed by atoms with E-state index in [0.717, 1.165) is 18.7 Å². The van der Waals surface area contributed by atoms with Crippen LogP contribution in [0.2, 0.25) is 0 Å². The monoisotopic (exact) mass is 305 g/mol. The number of nitrogens with zero attached hydrogens (tertiary/aromatic N) is 1. The fraction of sp³-hybridized carbons (Fsp3) is 0.333. The van der Waals surface area contributed by atoms with Gasteiger partial charge in [0, 0.05) is 18.1 Å². The average molecular weight is 305 g/mol. The van der Waals surface area contributed by atoms with E-state index in [9.17, 15) is 0 Å². The lowest BCUT2D eigenvalue weighted by Gasteiger charge is -2.21. The Morgan fingerprint density at radius 3 is 2.65 bits per heavy atom. The van der Waals surface area contributed by atoms with Gasteiger partial charge in [-0.1, -0.05) is 30.3 Å². The maximum Gasteiger partial charge on any atom is 0.146 e. The molecule has 0 N–H and O–H groups in total. The normalized spacial score (nSPS) is 14.0. The minimum absolute atomic E-state index is 0.889. The molecule has 1 aliphatic rings. The number of aromatic nitrogens is 1. The number of hydrogen-bond donors (Lipinski definition) is 0. The van der Waals surface area contributed by atoms with E-state index >= 15 is 0 Å². The maximum atomic E-state index is 5.90. The Morgan fingerprint density at radius 2 is 1.87 bits per heavy atom. The van der Waals surface area contributed by atoms with Gasteiger partial charge in [0.05, 0.1) is 12.6 Å². The Balaban J connectivity index is 1.92. The van der Waals surface area contributed by atoms with Crippen molar-refractivity contribution in [3.63, 3.8) is 0 Å². The van der Waals surface area contributed by atoms with Crippen LogP contribution in [0.15, 0.2) is 42.6 Å². The molecule has 0 bridgehead atoms. The van der Waals surface area contributed by atoms with Crippen LogP contribution < -0.4 is 4.74 Å². The van der Waals surface area contributed by atoms with E-state index < -0.39 is 0 Å². The predicted molar refractivity (Wildman–Crippen MR) is 95.4 cm³/mol. The second-order valence-corrected chi connectivity index (χ2v) is 6.58. The van der Waals surface area contributed by atoms with Gasteiger partial charge in [-0.05, 0) is 60.9 Å². The molecule has 3 aromatic rings. The highest BCUT2D eigenvalue weighted by Crippen LogP contribution is 2.39. The van der Waals surface area contributed by atoms with Crippen LogP contribution in [0.3, 0.4) is 0 Å². The Labute approximate surface area is 137 Å². The van der Waals surface area contributed by atoms with Crippen LogP contribution in [-0.2, 0) is 19.4 Å². The zero-order valence-corrected chi connectivity index (χ0v) is 13.9. The van der Waals surface area contributed by atoms with Crippen LogP contribution in [0.25, 0.3) is 10.9 Å². The van der Waals surface area contributed by atoms with Crippen LogP contribution in [0.4, 0.5) is 0 Å². The molecular weight excluding hydrogens is 282 g/mol. The maximum absolute atomic E-state index is 5.90. The van der Waals surface area contributed by atoms with Crippen LogP contribution in [0.5, 0.6) is 5.75 Å². The number of fused-ring (bicyclic) bond motifs is 2. The lowest BCUT2D eigenvalue weighted by Crippen LogP contribution is -2.07. The van der Waals surface area contributed by atoms with Crippen molar-refractivity contribution in [1.82, 2.24) is 4.57 Å². The second-order valence-electron chi connectivity index (χ2n) is 6.58.